The number of nitrogens with zero attached hydrogens (tertiary/aromatic N) is 4. The molecule has 0 fully saturated rings. The van der Waals surface area contributed by atoms with Crippen LogP contribution in [0.3, 0.4) is 0 Å². The zero-order valence-electron chi connectivity index (χ0n) is 12.7. The summed E-state index contributed by atoms with van der Waals surface area (Å²) in [5.41, 5.74) is 6.22. The number of hydrogen-bond donors (Lipinski definition) is 3. The summed E-state index contributed by atoms with van der Waals surface area (Å²) in [7, 11) is 0. The van der Waals surface area contributed by atoms with Gasteiger partial charge in [-0.05, 0) is 18.6 Å². The molecule has 24 heavy (non-hydrogen) atoms. The average Bonchev–Trinajstić information content (AvgIpc) is 2.93. The van der Waals surface area contributed by atoms with Crippen molar-refractivity contribution in [2.45, 2.75) is 20.0 Å². The van der Waals surface area contributed by atoms with Gasteiger partial charge in [-0.1, -0.05) is 22.9 Å². The maximum absolute atomic E-state index is 12.2. The Bertz CT molecular complexity index is 753. The third kappa shape index (κ3) is 5.03. The highest BCUT2D eigenvalue weighted by atomic mass is 35.5. The van der Waals surface area contributed by atoms with Crippen LogP contribution in [0.25, 0.3) is 0 Å². The minimum absolute atomic E-state index is 0.164. The second-order valence-electron chi connectivity index (χ2n) is 4.83. The number of nitrogen functional groups attached to an aromatic ring is 1. The molecule has 2 amide bonds. The number of anilines is 1. The number of aryl methyl sites for hydroxylation is 1. The summed E-state index contributed by atoms with van der Waals surface area (Å²) in [4.78, 5) is 28.2. The fourth-order valence-electron chi connectivity index (χ4n) is 1.82. The molecule has 0 unspecified atom stereocenters. The smallest absolute Gasteiger partial charge is 0.323 e. The molecule has 0 saturated carbocycles. The van der Waals surface area contributed by atoms with Gasteiger partial charge in [0.1, 0.15) is 22.4 Å². The number of carbonyl (C=O) groups is 2. The molecule has 2 aromatic heterocycles. The number of pyridine rings is 1. The van der Waals surface area contributed by atoms with Crippen LogP contribution in [0, 0.1) is 6.92 Å². The molecule has 9 nitrogen and oxygen atoms in total. The van der Waals surface area contributed by atoms with Crippen LogP contribution >= 0.6 is 22.9 Å². The Labute approximate surface area is 146 Å². The number of hydrogen-bond acceptors (Lipinski definition) is 7. The lowest BCUT2D eigenvalue weighted by molar-refractivity contribution is -0.135. The molecule has 0 aromatic carbocycles. The molecule has 0 atom stereocenters. The van der Waals surface area contributed by atoms with Crippen LogP contribution < -0.4 is 11.1 Å². The molecule has 128 valence electrons. The summed E-state index contributed by atoms with van der Waals surface area (Å²) in [6.45, 7) is 1.67. The van der Waals surface area contributed by atoms with Crippen molar-refractivity contribution < 1.29 is 14.7 Å². The summed E-state index contributed by atoms with van der Waals surface area (Å²) in [6.07, 6.45) is 1.50. The van der Waals surface area contributed by atoms with E-state index in [1.54, 1.807) is 13.0 Å². The number of carboxylic acids is 1. The van der Waals surface area contributed by atoms with Crippen molar-refractivity contribution in [2.75, 3.05) is 12.3 Å². The van der Waals surface area contributed by atoms with Gasteiger partial charge < -0.3 is 21.1 Å². The third-order valence-electron chi connectivity index (χ3n) is 2.87. The SMILES string of the molecule is Cc1nnc(CN(Cc2cnc(N)c(Cl)c2)C(=O)NCC(=O)O)s1. The number of urea groups is 1. The average molecular weight is 371 g/mol. The first-order valence-electron chi connectivity index (χ1n) is 6.78. The van der Waals surface area contributed by atoms with Crippen molar-refractivity contribution in [3.8, 4) is 0 Å². The highest BCUT2D eigenvalue weighted by Gasteiger charge is 2.18. The van der Waals surface area contributed by atoms with Crippen LogP contribution in [0.2, 0.25) is 5.02 Å². The molecule has 0 spiro atoms. The number of rotatable bonds is 6. The van der Waals surface area contributed by atoms with E-state index >= 15 is 0 Å². The summed E-state index contributed by atoms with van der Waals surface area (Å²) in [5, 5.41) is 20.6. The molecule has 4 N–H and O–H groups in total. The third-order valence-corrected chi connectivity index (χ3v) is 4.00. The molecule has 2 aromatic rings. The maximum atomic E-state index is 12.2. The molecule has 0 saturated heterocycles. The lowest BCUT2D eigenvalue weighted by Gasteiger charge is -2.21. The predicted octanol–water partition coefficient (Wildman–Crippen LogP) is 1.27. The summed E-state index contributed by atoms with van der Waals surface area (Å²) in [5.74, 6) is -0.936. The van der Waals surface area contributed by atoms with E-state index in [4.69, 9.17) is 22.4 Å². The van der Waals surface area contributed by atoms with Crippen molar-refractivity contribution in [2.24, 2.45) is 0 Å². The Balaban J connectivity index is 2.15. The number of carboxylic acid groups (broad SMARTS) is 1. The largest absolute Gasteiger partial charge is 0.480 e. The first-order valence-corrected chi connectivity index (χ1v) is 7.98. The number of nitrogens with two attached hydrogens (primary N) is 1. The molecular weight excluding hydrogens is 356 g/mol. The molecular formula is C13H15ClN6O3S. The van der Waals surface area contributed by atoms with Crippen LogP contribution in [-0.4, -0.2) is 43.7 Å². The van der Waals surface area contributed by atoms with Crippen LogP contribution in [-0.2, 0) is 17.9 Å². The van der Waals surface area contributed by atoms with Crippen molar-refractivity contribution in [1.29, 1.82) is 0 Å². The van der Waals surface area contributed by atoms with Crippen molar-refractivity contribution >= 4 is 40.8 Å². The van der Waals surface area contributed by atoms with Gasteiger partial charge in [0.2, 0.25) is 0 Å². The van der Waals surface area contributed by atoms with Crippen LogP contribution in [0.4, 0.5) is 10.6 Å². The monoisotopic (exact) mass is 370 g/mol. The number of aliphatic carboxylic acids is 1. The van der Waals surface area contributed by atoms with Gasteiger partial charge in [-0.3, -0.25) is 4.79 Å². The Kier molecular flexibility index (Phi) is 5.88. The fourth-order valence-corrected chi connectivity index (χ4v) is 2.74. The molecule has 0 aliphatic carbocycles. The topological polar surface area (TPSA) is 134 Å². The van der Waals surface area contributed by atoms with Gasteiger partial charge in [-0.15, -0.1) is 10.2 Å². The molecule has 0 aliphatic rings. The molecule has 0 aliphatic heterocycles. The lowest BCUT2D eigenvalue weighted by Crippen LogP contribution is -2.41. The van der Waals surface area contributed by atoms with E-state index in [0.29, 0.717) is 10.6 Å². The molecule has 0 radical (unpaired) electrons. The minimum atomic E-state index is -1.13. The summed E-state index contributed by atoms with van der Waals surface area (Å²) < 4.78 is 0. The van der Waals surface area contributed by atoms with E-state index < -0.39 is 18.5 Å². The van der Waals surface area contributed by atoms with E-state index in [1.165, 1.54) is 22.4 Å². The van der Waals surface area contributed by atoms with Gasteiger partial charge in [0.05, 0.1) is 11.6 Å². The van der Waals surface area contributed by atoms with Crippen LogP contribution in [0.5, 0.6) is 0 Å². The number of nitrogens with one attached hydrogen (secondary N) is 1. The Morgan fingerprint density at radius 2 is 2.17 bits per heavy atom. The van der Waals surface area contributed by atoms with Crippen LogP contribution in [0.15, 0.2) is 12.3 Å². The maximum Gasteiger partial charge on any atom is 0.323 e. The van der Waals surface area contributed by atoms with E-state index in [-0.39, 0.29) is 23.9 Å². The van der Waals surface area contributed by atoms with Gasteiger partial charge in [0, 0.05) is 12.7 Å². The Morgan fingerprint density at radius 3 is 2.75 bits per heavy atom. The minimum Gasteiger partial charge on any atom is -0.480 e. The highest BCUT2D eigenvalue weighted by molar-refractivity contribution is 7.11. The first-order chi connectivity index (χ1) is 11.3. The van der Waals surface area contributed by atoms with Gasteiger partial charge in [0.25, 0.3) is 0 Å². The van der Waals surface area contributed by atoms with E-state index in [0.717, 1.165) is 5.01 Å². The van der Waals surface area contributed by atoms with Crippen molar-refractivity contribution in [3.05, 3.63) is 32.9 Å². The normalized spacial score (nSPS) is 10.4. The predicted molar refractivity (Wildman–Crippen MR) is 88.6 cm³/mol. The summed E-state index contributed by atoms with van der Waals surface area (Å²) >= 11 is 7.29. The Morgan fingerprint density at radius 1 is 1.42 bits per heavy atom. The summed E-state index contributed by atoms with van der Waals surface area (Å²) in [6, 6.07) is 1.06. The molecule has 2 rings (SSSR count). The van der Waals surface area contributed by atoms with E-state index in [9.17, 15) is 9.59 Å². The van der Waals surface area contributed by atoms with Crippen molar-refractivity contribution in [1.82, 2.24) is 25.4 Å². The van der Waals surface area contributed by atoms with Gasteiger partial charge in [-0.2, -0.15) is 0 Å². The van der Waals surface area contributed by atoms with E-state index in [2.05, 4.69) is 20.5 Å². The molecule has 0 bridgehead atoms. The van der Waals surface area contributed by atoms with Gasteiger partial charge in [-0.25, -0.2) is 9.78 Å². The number of carbonyl (C=O) groups excluding carboxylic acids is 1. The van der Waals surface area contributed by atoms with Crippen LogP contribution in [0.1, 0.15) is 15.6 Å². The second kappa shape index (κ2) is 7.88. The molecule has 2 heterocycles. The molecule has 11 heteroatoms. The number of amides is 2. The number of aromatic nitrogens is 3. The van der Waals surface area contributed by atoms with E-state index in [1.807, 2.05) is 0 Å². The van der Waals surface area contributed by atoms with Gasteiger partial charge >= 0.3 is 12.0 Å². The zero-order chi connectivity index (χ0) is 17.7. The first kappa shape index (κ1) is 17.9. The zero-order valence-corrected chi connectivity index (χ0v) is 14.3. The number of halogens is 1. The Hall–Kier alpha value is -2.46. The van der Waals surface area contributed by atoms with Gasteiger partial charge in [0.15, 0.2) is 0 Å². The highest BCUT2D eigenvalue weighted by Crippen LogP contribution is 2.19. The second-order valence-corrected chi connectivity index (χ2v) is 6.51. The standard InChI is InChI=1S/C13H15ClN6O3S/c1-7-18-19-10(24-7)6-20(13(23)17-4-11(21)22)5-8-2-9(14)12(15)16-3-8/h2-3H,4-6H2,1H3,(H2,15,16)(H,17,23)(H,21,22). The lowest BCUT2D eigenvalue weighted by atomic mass is 10.2. The fraction of sp³-hybridized carbons (Fsp3) is 0.308. The quantitative estimate of drug-likeness (QED) is 0.696. The van der Waals surface area contributed by atoms with Crippen molar-refractivity contribution in [3.63, 3.8) is 0 Å².